The first-order valence-corrected chi connectivity index (χ1v) is 11.0. The first-order chi connectivity index (χ1) is 13.3. The van der Waals surface area contributed by atoms with Gasteiger partial charge < -0.3 is 20.3 Å². The van der Waals surface area contributed by atoms with Gasteiger partial charge in [-0.3, -0.25) is 9.89 Å². The van der Waals surface area contributed by atoms with Crippen molar-refractivity contribution >= 4 is 47.4 Å². The Bertz CT molecular complexity index is 663. The lowest BCUT2D eigenvalue weighted by molar-refractivity contribution is 0.0186. The normalized spacial score (nSPS) is 19.8. The number of piperazine rings is 1. The Balaban J connectivity index is 0.00000300. The summed E-state index contributed by atoms with van der Waals surface area (Å²) in [6, 6.07) is 4.61. The Hall–Kier alpha value is -1.07. The van der Waals surface area contributed by atoms with Crippen LogP contribution in [0.3, 0.4) is 0 Å². The number of nitrogens with two attached hydrogens (primary N) is 1. The van der Waals surface area contributed by atoms with Crippen LogP contribution >= 0.6 is 35.3 Å². The quantitative estimate of drug-likeness (QED) is 0.364. The third kappa shape index (κ3) is 6.99. The van der Waals surface area contributed by atoms with Crippen LogP contribution in [0.4, 0.5) is 4.79 Å². The number of nitrogens with zero attached hydrogens (tertiary/aromatic N) is 4. The number of carbonyl (C=O) groups is 1. The van der Waals surface area contributed by atoms with Gasteiger partial charge in [-0.25, -0.2) is 4.79 Å². The van der Waals surface area contributed by atoms with Gasteiger partial charge in [-0.15, -0.1) is 35.3 Å². The monoisotopic (exact) mass is 535 g/mol. The Labute approximate surface area is 195 Å². The Morgan fingerprint density at radius 3 is 2.34 bits per heavy atom. The number of amides is 1. The minimum absolute atomic E-state index is 0. The van der Waals surface area contributed by atoms with E-state index in [4.69, 9.17) is 15.5 Å². The summed E-state index contributed by atoms with van der Waals surface area (Å²) in [4.78, 5) is 24.6. The maximum absolute atomic E-state index is 12.2. The van der Waals surface area contributed by atoms with Crippen molar-refractivity contribution < 1.29 is 9.53 Å². The zero-order chi connectivity index (χ0) is 20.1. The van der Waals surface area contributed by atoms with Crippen molar-refractivity contribution in [2.45, 2.75) is 45.3 Å². The molecule has 2 saturated heterocycles. The van der Waals surface area contributed by atoms with Crippen molar-refractivity contribution in [2.24, 2.45) is 10.7 Å². The molecule has 7 nitrogen and oxygen atoms in total. The molecule has 1 aromatic rings. The van der Waals surface area contributed by atoms with E-state index in [1.807, 2.05) is 20.8 Å². The lowest BCUT2D eigenvalue weighted by Gasteiger charge is -2.36. The summed E-state index contributed by atoms with van der Waals surface area (Å²) in [7, 11) is 0. The van der Waals surface area contributed by atoms with Gasteiger partial charge in [-0.05, 0) is 58.1 Å². The third-order valence-electron chi connectivity index (χ3n) is 5.13. The molecular weight excluding hydrogens is 501 g/mol. The summed E-state index contributed by atoms with van der Waals surface area (Å²) in [5.74, 6) is 0.574. The Morgan fingerprint density at radius 2 is 1.79 bits per heavy atom. The maximum atomic E-state index is 12.2. The predicted octanol–water partition coefficient (Wildman–Crippen LogP) is 3.37. The van der Waals surface area contributed by atoms with Gasteiger partial charge in [0.2, 0.25) is 0 Å². The van der Waals surface area contributed by atoms with Gasteiger partial charge in [0, 0.05) is 31.1 Å². The SMILES string of the molecule is CC(C)(C)OC(=O)N1CCN(C(N)=NCC(c2cccs2)N2CCCC2)CC1.I. The van der Waals surface area contributed by atoms with E-state index in [2.05, 4.69) is 27.3 Å². The van der Waals surface area contributed by atoms with Crippen molar-refractivity contribution in [3.8, 4) is 0 Å². The van der Waals surface area contributed by atoms with Crippen LogP contribution in [0.25, 0.3) is 0 Å². The minimum atomic E-state index is -0.471. The highest BCUT2D eigenvalue weighted by molar-refractivity contribution is 14.0. The number of thiophene rings is 1. The highest BCUT2D eigenvalue weighted by Gasteiger charge is 2.27. The van der Waals surface area contributed by atoms with Crippen LogP contribution in [0.15, 0.2) is 22.5 Å². The predicted molar refractivity (Wildman–Crippen MR) is 129 cm³/mol. The van der Waals surface area contributed by atoms with Crippen LogP contribution in [0, 0.1) is 0 Å². The molecule has 1 unspecified atom stereocenters. The molecule has 0 radical (unpaired) electrons. The van der Waals surface area contributed by atoms with Crippen molar-refractivity contribution in [1.29, 1.82) is 0 Å². The summed E-state index contributed by atoms with van der Waals surface area (Å²) in [5.41, 5.74) is 5.83. The molecule has 2 N–H and O–H groups in total. The fourth-order valence-electron chi connectivity index (χ4n) is 3.64. The van der Waals surface area contributed by atoms with Crippen molar-refractivity contribution in [1.82, 2.24) is 14.7 Å². The van der Waals surface area contributed by atoms with E-state index < -0.39 is 5.60 Å². The Morgan fingerprint density at radius 1 is 1.17 bits per heavy atom. The molecule has 2 fully saturated rings. The molecule has 0 aromatic carbocycles. The van der Waals surface area contributed by atoms with Gasteiger partial charge in [0.15, 0.2) is 5.96 Å². The molecule has 1 aromatic heterocycles. The zero-order valence-electron chi connectivity index (χ0n) is 17.7. The fourth-order valence-corrected chi connectivity index (χ4v) is 4.50. The van der Waals surface area contributed by atoms with Crippen LogP contribution in [0.1, 0.15) is 44.5 Å². The fraction of sp³-hybridized carbons (Fsp3) is 0.700. The third-order valence-corrected chi connectivity index (χ3v) is 6.11. The van der Waals surface area contributed by atoms with Crippen LogP contribution in [-0.4, -0.2) is 78.2 Å². The van der Waals surface area contributed by atoms with Gasteiger partial charge in [-0.2, -0.15) is 0 Å². The molecule has 29 heavy (non-hydrogen) atoms. The molecule has 9 heteroatoms. The van der Waals surface area contributed by atoms with Crippen molar-refractivity contribution in [2.75, 3.05) is 45.8 Å². The molecule has 1 atom stereocenters. The molecule has 0 bridgehead atoms. The lowest BCUT2D eigenvalue weighted by Crippen LogP contribution is -2.53. The number of hydrogen-bond acceptors (Lipinski definition) is 5. The summed E-state index contributed by atoms with van der Waals surface area (Å²) in [6.07, 6.45) is 2.26. The van der Waals surface area contributed by atoms with Crippen molar-refractivity contribution in [3.05, 3.63) is 22.4 Å². The Kier molecular flexibility index (Phi) is 9.02. The first-order valence-electron chi connectivity index (χ1n) is 10.1. The molecule has 3 rings (SSSR count). The number of halogens is 1. The largest absolute Gasteiger partial charge is 0.444 e. The molecule has 2 aliphatic rings. The van der Waals surface area contributed by atoms with Crippen molar-refractivity contribution in [3.63, 3.8) is 0 Å². The summed E-state index contributed by atoms with van der Waals surface area (Å²) >= 11 is 1.79. The first kappa shape index (κ1) is 24.2. The molecule has 2 aliphatic heterocycles. The second kappa shape index (κ2) is 10.8. The van der Waals surface area contributed by atoms with Crippen LogP contribution in [-0.2, 0) is 4.74 Å². The van der Waals surface area contributed by atoms with Crippen LogP contribution < -0.4 is 5.73 Å². The summed E-state index contributed by atoms with van der Waals surface area (Å²) in [6.45, 7) is 11.2. The maximum Gasteiger partial charge on any atom is 0.410 e. The minimum Gasteiger partial charge on any atom is -0.444 e. The van der Waals surface area contributed by atoms with E-state index in [-0.39, 0.29) is 30.1 Å². The molecule has 0 spiro atoms. The second-order valence-corrected chi connectivity index (χ2v) is 9.41. The van der Waals surface area contributed by atoms with E-state index in [0.717, 1.165) is 13.1 Å². The van der Waals surface area contributed by atoms with Gasteiger partial charge in [-0.1, -0.05) is 6.07 Å². The highest BCUT2D eigenvalue weighted by Crippen LogP contribution is 2.28. The molecular formula is C20H34IN5O2S. The number of hydrogen-bond donors (Lipinski definition) is 1. The van der Waals surface area contributed by atoms with Crippen LogP contribution in [0.5, 0.6) is 0 Å². The molecule has 3 heterocycles. The van der Waals surface area contributed by atoms with Gasteiger partial charge in [0.1, 0.15) is 5.60 Å². The number of likely N-dealkylation sites (tertiary alicyclic amines) is 1. The van der Waals surface area contributed by atoms with E-state index in [9.17, 15) is 4.79 Å². The standard InChI is InChI=1S/C20H33N5O2S.HI/c1-20(2,3)27-19(26)25-12-10-24(11-13-25)18(21)22-15-16(17-7-6-14-28-17)23-8-4-5-9-23;/h6-7,14,16H,4-5,8-13,15H2,1-3H3,(H2,21,22);1H. The lowest BCUT2D eigenvalue weighted by atomic mass is 10.2. The highest BCUT2D eigenvalue weighted by atomic mass is 127. The molecule has 1 amide bonds. The van der Waals surface area contributed by atoms with E-state index in [0.29, 0.717) is 44.7 Å². The number of carbonyl (C=O) groups excluding carboxylic acids is 1. The molecule has 164 valence electrons. The topological polar surface area (TPSA) is 74.4 Å². The van der Waals surface area contributed by atoms with E-state index in [1.165, 1.54) is 17.7 Å². The summed E-state index contributed by atoms with van der Waals surface area (Å²) < 4.78 is 5.45. The van der Waals surface area contributed by atoms with Gasteiger partial charge in [0.05, 0.1) is 12.6 Å². The molecule has 0 aliphatic carbocycles. The van der Waals surface area contributed by atoms with Gasteiger partial charge >= 0.3 is 6.09 Å². The van der Waals surface area contributed by atoms with Gasteiger partial charge in [0.25, 0.3) is 0 Å². The molecule has 0 saturated carbocycles. The number of rotatable bonds is 4. The summed E-state index contributed by atoms with van der Waals surface area (Å²) in [5, 5.41) is 2.13. The zero-order valence-corrected chi connectivity index (χ0v) is 20.8. The number of aliphatic imine (C=N–C) groups is 1. The average Bonchev–Trinajstić information content (AvgIpc) is 3.35. The number of guanidine groups is 1. The average molecular weight is 535 g/mol. The van der Waals surface area contributed by atoms with Crippen LogP contribution in [0.2, 0.25) is 0 Å². The van der Waals surface area contributed by atoms with E-state index >= 15 is 0 Å². The smallest absolute Gasteiger partial charge is 0.410 e. The van der Waals surface area contributed by atoms with E-state index in [1.54, 1.807) is 16.2 Å². The second-order valence-electron chi connectivity index (χ2n) is 8.43. The number of ether oxygens (including phenoxy) is 1.